The summed E-state index contributed by atoms with van der Waals surface area (Å²) >= 11 is -0.241. The summed E-state index contributed by atoms with van der Waals surface area (Å²) in [7, 11) is 5.80. The van der Waals surface area contributed by atoms with Gasteiger partial charge in [0.15, 0.2) is 0 Å². The number of hydrogen-bond acceptors (Lipinski definition) is 3. The standard InChI is InChI=1S/C6H15ClO3PSe/c1-4-8-11(12-7,9-5-2)10-6-3/h4-6H2,1-3H3/q+1. The molecule has 12 heavy (non-hydrogen) atoms. The molecular weight excluding hydrogens is 265 g/mol. The minimum absolute atomic E-state index is 0.241. The first kappa shape index (κ1) is 13.1. The van der Waals surface area contributed by atoms with Crippen LogP contribution in [0.4, 0.5) is 0 Å². The van der Waals surface area contributed by atoms with Gasteiger partial charge >= 0.3 is 84.5 Å². The van der Waals surface area contributed by atoms with Gasteiger partial charge in [-0.1, -0.05) is 0 Å². The second kappa shape index (κ2) is 7.52. The molecule has 0 amide bonds. The SMILES string of the molecule is CCO[P+](OCC)(OCC)[Se]Cl. The van der Waals surface area contributed by atoms with E-state index >= 15 is 0 Å². The summed E-state index contributed by atoms with van der Waals surface area (Å²) in [6, 6.07) is 0. The Labute approximate surface area is 84.7 Å². The molecule has 0 spiro atoms. The van der Waals surface area contributed by atoms with Gasteiger partial charge in [0.2, 0.25) is 0 Å². The molecule has 0 heterocycles. The molecule has 0 saturated heterocycles. The monoisotopic (exact) mass is 281 g/mol. The van der Waals surface area contributed by atoms with E-state index in [1.165, 1.54) is 0 Å². The molecule has 0 aliphatic heterocycles. The summed E-state index contributed by atoms with van der Waals surface area (Å²) in [5.41, 5.74) is 0. The molecule has 3 nitrogen and oxygen atoms in total. The molecule has 6 heteroatoms. The van der Waals surface area contributed by atoms with Gasteiger partial charge < -0.3 is 0 Å². The zero-order chi connectivity index (χ0) is 9.45. The molecule has 0 rings (SSSR count). The minimum atomic E-state index is -2.15. The van der Waals surface area contributed by atoms with Gasteiger partial charge in [-0.2, -0.15) is 0 Å². The van der Waals surface area contributed by atoms with Crippen LogP contribution in [0.2, 0.25) is 0 Å². The molecule has 0 aromatic heterocycles. The third-order valence-electron chi connectivity index (χ3n) is 0.946. The van der Waals surface area contributed by atoms with Gasteiger partial charge in [0.25, 0.3) is 0 Å². The summed E-state index contributed by atoms with van der Waals surface area (Å²) < 4.78 is 16.3. The molecule has 0 atom stereocenters. The fraction of sp³-hybridized carbons (Fsp3) is 1.00. The van der Waals surface area contributed by atoms with Crippen molar-refractivity contribution in [3.05, 3.63) is 0 Å². The Morgan fingerprint density at radius 1 is 1.00 bits per heavy atom. The second-order valence-corrected chi connectivity index (χ2v) is 9.41. The van der Waals surface area contributed by atoms with Crippen molar-refractivity contribution in [2.45, 2.75) is 20.8 Å². The van der Waals surface area contributed by atoms with Crippen LogP contribution in [0.15, 0.2) is 0 Å². The summed E-state index contributed by atoms with van der Waals surface area (Å²) in [5.74, 6) is 0. The van der Waals surface area contributed by atoms with Gasteiger partial charge in [-0.25, -0.2) is 0 Å². The summed E-state index contributed by atoms with van der Waals surface area (Å²) in [5, 5.41) is 0. The van der Waals surface area contributed by atoms with E-state index in [1.54, 1.807) is 0 Å². The fourth-order valence-electron chi connectivity index (χ4n) is 0.646. The van der Waals surface area contributed by atoms with E-state index in [-0.39, 0.29) is 13.6 Å². The Balaban J connectivity index is 4.06. The van der Waals surface area contributed by atoms with Crippen LogP contribution in [0.3, 0.4) is 0 Å². The number of rotatable bonds is 7. The van der Waals surface area contributed by atoms with Crippen molar-refractivity contribution in [1.82, 2.24) is 0 Å². The number of hydrogen-bond donors (Lipinski definition) is 0. The van der Waals surface area contributed by atoms with Gasteiger partial charge in [0.1, 0.15) is 0 Å². The normalized spacial score (nSPS) is 12.0. The van der Waals surface area contributed by atoms with Gasteiger partial charge in [-0.3, -0.25) is 0 Å². The maximum absolute atomic E-state index is 5.80. The molecular formula is C6H15ClO3PSe+. The number of halogens is 1. The van der Waals surface area contributed by atoms with Crippen molar-refractivity contribution in [3.8, 4) is 0 Å². The van der Waals surface area contributed by atoms with E-state index in [4.69, 9.17) is 23.7 Å². The summed E-state index contributed by atoms with van der Waals surface area (Å²) in [4.78, 5) is 0. The summed E-state index contributed by atoms with van der Waals surface area (Å²) in [6.45, 7) is 5.34. The van der Waals surface area contributed by atoms with E-state index in [0.717, 1.165) is 0 Å². The Bertz CT molecular complexity index is 99.9. The van der Waals surface area contributed by atoms with Crippen LogP contribution in [0.5, 0.6) is 0 Å². The van der Waals surface area contributed by atoms with Crippen LogP contribution in [-0.2, 0) is 13.6 Å². The van der Waals surface area contributed by atoms with Crippen LogP contribution in [-0.4, -0.2) is 33.4 Å². The molecule has 0 saturated carbocycles. The molecule has 0 aromatic carbocycles. The van der Waals surface area contributed by atoms with Crippen LogP contribution >= 0.6 is 16.7 Å². The average molecular weight is 281 g/mol. The zero-order valence-corrected chi connectivity index (χ0v) is 10.9. The first-order chi connectivity index (χ1) is 5.74. The topological polar surface area (TPSA) is 27.7 Å². The van der Waals surface area contributed by atoms with Crippen molar-refractivity contribution in [2.75, 3.05) is 19.8 Å². The molecule has 0 radical (unpaired) electrons. The fourth-order valence-corrected chi connectivity index (χ4v) is 6.54. The Morgan fingerprint density at radius 2 is 1.33 bits per heavy atom. The second-order valence-electron chi connectivity index (χ2n) is 1.77. The van der Waals surface area contributed by atoms with Crippen molar-refractivity contribution in [3.63, 3.8) is 0 Å². The third kappa shape index (κ3) is 4.38. The third-order valence-corrected chi connectivity index (χ3v) is 8.53. The Morgan fingerprint density at radius 3 is 1.50 bits per heavy atom. The van der Waals surface area contributed by atoms with Crippen molar-refractivity contribution in [2.24, 2.45) is 0 Å². The Kier molecular flexibility index (Phi) is 8.22. The van der Waals surface area contributed by atoms with Crippen LogP contribution in [0.25, 0.3) is 0 Å². The molecule has 0 N–H and O–H groups in total. The van der Waals surface area contributed by atoms with E-state index in [1.807, 2.05) is 20.8 Å². The van der Waals surface area contributed by atoms with Crippen molar-refractivity contribution in [1.29, 1.82) is 0 Å². The summed E-state index contributed by atoms with van der Waals surface area (Å²) in [6.07, 6.45) is 0. The molecule has 0 unspecified atom stereocenters. The van der Waals surface area contributed by atoms with Gasteiger partial charge in [-0.05, 0) is 0 Å². The molecule has 0 aromatic rings. The zero-order valence-electron chi connectivity index (χ0n) is 7.58. The predicted octanol–water partition coefficient (Wildman–Crippen LogP) is 2.63. The van der Waals surface area contributed by atoms with E-state index in [9.17, 15) is 0 Å². The Hall–Kier alpha value is 1.12. The molecule has 0 aliphatic rings. The molecule has 0 aliphatic carbocycles. The van der Waals surface area contributed by atoms with Crippen molar-refractivity contribution >= 4 is 30.3 Å². The van der Waals surface area contributed by atoms with E-state index < -0.39 is 6.63 Å². The van der Waals surface area contributed by atoms with E-state index in [2.05, 4.69) is 0 Å². The first-order valence-corrected chi connectivity index (χ1v) is 9.88. The van der Waals surface area contributed by atoms with E-state index in [0.29, 0.717) is 19.8 Å². The van der Waals surface area contributed by atoms with Crippen LogP contribution in [0, 0.1) is 0 Å². The molecule has 0 bridgehead atoms. The molecule has 0 fully saturated rings. The van der Waals surface area contributed by atoms with Crippen molar-refractivity contribution < 1.29 is 13.6 Å². The maximum atomic E-state index is 5.80. The molecule has 74 valence electrons. The van der Waals surface area contributed by atoms with Gasteiger partial charge in [0, 0.05) is 0 Å². The predicted molar refractivity (Wildman–Crippen MR) is 53.4 cm³/mol. The van der Waals surface area contributed by atoms with Crippen LogP contribution in [0.1, 0.15) is 20.8 Å². The van der Waals surface area contributed by atoms with Crippen LogP contribution < -0.4 is 0 Å². The quantitative estimate of drug-likeness (QED) is 0.530. The average Bonchev–Trinajstić information content (AvgIpc) is 2.06. The first-order valence-electron chi connectivity index (χ1n) is 3.87. The van der Waals surface area contributed by atoms with Gasteiger partial charge in [0.05, 0.1) is 0 Å². The van der Waals surface area contributed by atoms with Gasteiger partial charge in [-0.15, -0.1) is 0 Å².